The molecule has 0 saturated carbocycles. The van der Waals surface area contributed by atoms with Crippen LogP contribution in [0.3, 0.4) is 0 Å². The van der Waals surface area contributed by atoms with Crippen LogP contribution in [0.4, 0.5) is 5.13 Å². The molecule has 1 aromatic heterocycles. The van der Waals surface area contributed by atoms with Crippen LogP contribution in [-0.4, -0.2) is 39.7 Å². The molecule has 1 aromatic rings. The molecular weight excluding hydrogens is 306 g/mol. The van der Waals surface area contributed by atoms with E-state index in [1.54, 1.807) is 11.3 Å². The Morgan fingerprint density at radius 2 is 2.05 bits per heavy atom. The largest absolute Gasteiger partial charge is 0.478 e. The van der Waals surface area contributed by atoms with Crippen molar-refractivity contribution in [3.05, 3.63) is 22.7 Å². The molecule has 1 aliphatic rings. The Bertz CT molecular complexity index is 526. The summed E-state index contributed by atoms with van der Waals surface area (Å²) in [5, 5.41) is 19.9. The number of carboxylic acids is 2. The highest BCUT2D eigenvalue weighted by atomic mass is 32.1. The van der Waals surface area contributed by atoms with E-state index in [4.69, 9.17) is 15.9 Å². The van der Waals surface area contributed by atoms with Crippen LogP contribution in [0.1, 0.15) is 30.3 Å². The number of hydrogen-bond acceptors (Lipinski definition) is 6. The highest BCUT2D eigenvalue weighted by Crippen LogP contribution is 2.27. The Kier molecular flexibility index (Phi) is 7.55. The van der Waals surface area contributed by atoms with E-state index in [0.717, 1.165) is 24.5 Å². The predicted molar refractivity (Wildman–Crippen MR) is 85.0 cm³/mol. The minimum Gasteiger partial charge on any atom is -0.478 e. The molecule has 1 atom stereocenters. The van der Waals surface area contributed by atoms with Crippen molar-refractivity contribution < 1.29 is 19.8 Å². The van der Waals surface area contributed by atoms with Gasteiger partial charge in [-0.3, -0.25) is 0 Å². The number of aryl methyl sites for hydroxylation is 1. The lowest BCUT2D eigenvalue weighted by molar-refractivity contribution is -0.134. The summed E-state index contributed by atoms with van der Waals surface area (Å²) in [6.45, 7) is 3.32. The Morgan fingerprint density at radius 1 is 1.41 bits per heavy atom. The van der Waals surface area contributed by atoms with Gasteiger partial charge in [0.2, 0.25) is 0 Å². The SMILES string of the molecule is CCCN[C@H]1CCc2nc(N)sc2C1.O=C(O)C=CC(=O)O. The van der Waals surface area contributed by atoms with E-state index < -0.39 is 11.9 Å². The summed E-state index contributed by atoms with van der Waals surface area (Å²) >= 11 is 1.65. The molecule has 0 unspecified atom stereocenters. The average Bonchev–Trinajstić information content (AvgIpc) is 2.82. The average molecular weight is 327 g/mol. The fourth-order valence-corrected chi connectivity index (χ4v) is 3.02. The molecule has 0 aliphatic heterocycles. The quantitative estimate of drug-likeness (QED) is 0.600. The number of thiazole rings is 1. The van der Waals surface area contributed by atoms with Gasteiger partial charge in [-0.1, -0.05) is 6.92 Å². The van der Waals surface area contributed by atoms with Gasteiger partial charge in [0.15, 0.2) is 5.13 Å². The number of nitrogens with zero attached hydrogens (tertiary/aromatic N) is 1. The van der Waals surface area contributed by atoms with Crippen LogP contribution in [-0.2, 0) is 22.4 Å². The fraction of sp³-hybridized carbons (Fsp3) is 0.500. The topological polar surface area (TPSA) is 126 Å². The van der Waals surface area contributed by atoms with Gasteiger partial charge in [-0.05, 0) is 32.2 Å². The number of nitrogens with two attached hydrogens (primary N) is 1. The Labute approximate surface area is 132 Å². The van der Waals surface area contributed by atoms with E-state index in [1.165, 1.54) is 23.4 Å². The molecule has 8 heteroatoms. The van der Waals surface area contributed by atoms with E-state index in [0.29, 0.717) is 18.2 Å². The first-order valence-electron chi connectivity index (χ1n) is 7.03. The molecule has 0 spiro atoms. The molecule has 1 heterocycles. The summed E-state index contributed by atoms with van der Waals surface area (Å²) in [5.74, 6) is -2.51. The number of anilines is 1. The lowest BCUT2D eigenvalue weighted by atomic mass is 9.98. The van der Waals surface area contributed by atoms with Gasteiger partial charge in [-0.25, -0.2) is 14.6 Å². The van der Waals surface area contributed by atoms with Gasteiger partial charge in [0, 0.05) is 23.1 Å². The first-order chi connectivity index (χ1) is 10.4. The van der Waals surface area contributed by atoms with Gasteiger partial charge in [-0.2, -0.15) is 0 Å². The first kappa shape index (κ1) is 18.1. The first-order valence-corrected chi connectivity index (χ1v) is 7.85. The third kappa shape index (κ3) is 6.68. The zero-order valence-corrected chi connectivity index (χ0v) is 13.2. The maximum atomic E-state index is 9.55. The van der Waals surface area contributed by atoms with Crippen LogP contribution in [0, 0.1) is 0 Å². The summed E-state index contributed by atoms with van der Waals surface area (Å²) in [4.78, 5) is 24.8. The molecule has 0 bridgehead atoms. The third-order valence-corrected chi connectivity index (χ3v) is 3.96. The molecular formula is C14H21N3O4S. The summed E-state index contributed by atoms with van der Waals surface area (Å²) in [5.41, 5.74) is 6.93. The van der Waals surface area contributed by atoms with Crippen molar-refractivity contribution in [3.63, 3.8) is 0 Å². The second-order valence-corrected chi connectivity index (χ2v) is 5.94. The zero-order chi connectivity index (χ0) is 16.5. The predicted octanol–water partition coefficient (Wildman–Crippen LogP) is 1.29. The van der Waals surface area contributed by atoms with Crippen molar-refractivity contribution >= 4 is 28.4 Å². The number of aromatic nitrogens is 1. The smallest absolute Gasteiger partial charge is 0.328 e. The van der Waals surface area contributed by atoms with Crippen LogP contribution in [0.2, 0.25) is 0 Å². The molecule has 7 nitrogen and oxygen atoms in total. The van der Waals surface area contributed by atoms with Crippen molar-refractivity contribution in [2.75, 3.05) is 12.3 Å². The van der Waals surface area contributed by atoms with E-state index in [2.05, 4.69) is 17.2 Å². The molecule has 1 aliphatic carbocycles. The van der Waals surface area contributed by atoms with Crippen LogP contribution in [0.5, 0.6) is 0 Å². The standard InChI is InChI=1S/C10H17N3S.C4H4O4/c1-2-5-12-7-3-4-8-9(6-7)14-10(11)13-8;5-3(6)1-2-4(7)8/h7,12H,2-6H2,1H3,(H2,11,13);1-2H,(H,5,6)(H,7,8)/t7-;/m0./s1. The number of carboxylic acid groups (broad SMARTS) is 2. The van der Waals surface area contributed by atoms with E-state index in [1.807, 2.05) is 0 Å². The minimum atomic E-state index is -1.26. The van der Waals surface area contributed by atoms with Gasteiger partial charge in [0.05, 0.1) is 5.69 Å². The van der Waals surface area contributed by atoms with Crippen molar-refractivity contribution in [1.29, 1.82) is 0 Å². The second-order valence-electron chi connectivity index (χ2n) is 4.83. The fourth-order valence-electron chi connectivity index (χ4n) is 2.06. The molecule has 122 valence electrons. The van der Waals surface area contributed by atoms with Crippen LogP contribution >= 0.6 is 11.3 Å². The zero-order valence-electron chi connectivity index (χ0n) is 12.4. The van der Waals surface area contributed by atoms with Crippen LogP contribution < -0.4 is 11.1 Å². The molecule has 0 amide bonds. The monoisotopic (exact) mass is 327 g/mol. The van der Waals surface area contributed by atoms with Gasteiger partial charge in [0.1, 0.15) is 0 Å². The molecule has 0 fully saturated rings. The van der Waals surface area contributed by atoms with Gasteiger partial charge >= 0.3 is 11.9 Å². The Morgan fingerprint density at radius 3 is 2.59 bits per heavy atom. The molecule has 2 rings (SSSR count). The minimum absolute atomic E-state index is 0.558. The van der Waals surface area contributed by atoms with E-state index in [9.17, 15) is 9.59 Å². The van der Waals surface area contributed by atoms with Crippen molar-refractivity contribution in [2.45, 2.75) is 38.6 Å². The molecule has 22 heavy (non-hydrogen) atoms. The van der Waals surface area contributed by atoms with Gasteiger partial charge < -0.3 is 21.3 Å². The molecule has 0 radical (unpaired) electrons. The Balaban J connectivity index is 0.000000261. The molecule has 0 aromatic carbocycles. The number of fused-ring (bicyclic) bond motifs is 1. The summed E-state index contributed by atoms with van der Waals surface area (Å²) in [7, 11) is 0. The lowest BCUT2D eigenvalue weighted by Crippen LogP contribution is -2.34. The maximum absolute atomic E-state index is 9.55. The van der Waals surface area contributed by atoms with Crippen LogP contribution in [0.25, 0.3) is 0 Å². The van der Waals surface area contributed by atoms with E-state index in [-0.39, 0.29) is 0 Å². The van der Waals surface area contributed by atoms with Gasteiger partial charge in [0.25, 0.3) is 0 Å². The lowest BCUT2D eigenvalue weighted by Gasteiger charge is -2.21. The number of aliphatic carboxylic acids is 2. The normalized spacial score (nSPS) is 16.7. The van der Waals surface area contributed by atoms with E-state index >= 15 is 0 Å². The highest BCUT2D eigenvalue weighted by molar-refractivity contribution is 7.15. The van der Waals surface area contributed by atoms with Crippen LogP contribution in [0.15, 0.2) is 12.2 Å². The summed E-state index contributed by atoms with van der Waals surface area (Å²) in [6, 6.07) is 0.641. The second kappa shape index (κ2) is 9.16. The maximum Gasteiger partial charge on any atom is 0.328 e. The number of hydrogen-bond donors (Lipinski definition) is 4. The third-order valence-electron chi connectivity index (χ3n) is 3.01. The summed E-state index contributed by atoms with van der Waals surface area (Å²) in [6.07, 6.45) is 5.73. The van der Waals surface area contributed by atoms with Crippen molar-refractivity contribution in [1.82, 2.24) is 10.3 Å². The Hall–Kier alpha value is -1.93. The van der Waals surface area contributed by atoms with Gasteiger partial charge in [-0.15, -0.1) is 11.3 Å². The summed E-state index contributed by atoms with van der Waals surface area (Å²) < 4.78 is 0. The molecule has 0 saturated heterocycles. The number of rotatable bonds is 5. The number of carbonyl (C=O) groups is 2. The highest BCUT2D eigenvalue weighted by Gasteiger charge is 2.21. The number of nitrogens with one attached hydrogen (secondary N) is 1. The number of nitrogen functional groups attached to an aromatic ring is 1. The molecule has 5 N–H and O–H groups in total. The van der Waals surface area contributed by atoms with Crippen molar-refractivity contribution in [2.24, 2.45) is 0 Å². The van der Waals surface area contributed by atoms with Crippen molar-refractivity contribution in [3.8, 4) is 0 Å².